The number of allylic oxidation sites excluding steroid dienone is 1. The number of hydrogen-bond acceptors (Lipinski definition) is 5. The molecule has 7 nitrogen and oxygen atoms in total. The highest BCUT2D eigenvalue weighted by Gasteiger charge is 2.35. The third kappa shape index (κ3) is 3.70. The van der Waals surface area contributed by atoms with Crippen molar-refractivity contribution in [1.29, 1.82) is 0 Å². The average Bonchev–Trinajstić information content (AvgIpc) is 2.60. The zero-order chi connectivity index (χ0) is 18.6. The molecule has 0 saturated heterocycles. The van der Waals surface area contributed by atoms with Gasteiger partial charge in [-0.1, -0.05) is 6.07 Å². The fourth-order valence-corrected chi connectivity index (χ4v) is 2.71. The second kappa shape index (κ2) is 7.92. The molecule has 1 aromatic carbocycles. The van der Waals surface area contributed by atoms with Gasteiger partial charge in [0.25, 0.3) is 0 Å². The van der Waals surface area contributed by atoms with Gasteiger partial charge in [0.1, 0.15) is 0 Å². The number of methoxy groups -OCH3 is 1. The molecule has 0 aliphatic carbocycles. The van der Waals surface area contributed by atoms with Gasteiger partial charge in [0.15, 0.2) is 11.5 Å². The maximum absolute atomic E-state index is 12.3. The van der Waals surface area contributed by atoms with E-state index >= 15 is 0 Å². The standard InChI is InChI=1S/C18H24N2O5/c1-6-24-13-9-8-12(10-14(13)25-7-2)16-15(17(21)23-5)11(3)20(4)18(22)19-16/h8-10,16H,6-7H2,1-5H3,(H,19,22)/t16-/m0/s1. The molecule has 1 N–H and O–H groups in total. The summed E-state index contributed by atoms with van der Waals surface area (Å²) in [5, 5.41) is 2.83. The second-order valence-corrected chi connectivity index (χ2v) is 5.50. The van der Waals surface area contributed by atoms with E-state index in [1.807, 2.05) is 13.8 Å². The SMILES string of the molecule is CCOc1ccc([C@@H]2NC(=O)N(C)C(C)=C2C(=O)OC)cc1OCC. The summed E-state index contributed by atoms with van der Waals surface area (Å²) in [6.45, 7) is 6.47. The van der Waals surface area contributed by atoms with Crippen molar-refractivity contribution in [2.24, 2.45) is 0 Å². The van der Waals surface area contributed by atoms with Gasteiger partial charge in [0.2, 0.25) is 0 Å². The molecule has 1 atom stereocenters. The van der Waals surface area contributed by atoms with Crippen LogP contribution in [-0.4, -0.2) is 44.3 Å². The van der Waals surface area contributed by atoms with E-state index in [1.165, 1.54) is 12.0 Å². The first-order valence-corrected chi connectivity index (χ1v) is 8.17. The van der Waals surface area contributed by atoms with Gasteiger partial charge in [0, 0.05) is 12.7 Å². The minimum absolute atomic E-state index is 0.290. The van der Waals surface area contributed by atoms with Gasteiger partial charge in [0.05, 0.1) is 31.9 Å². The average molecular weight is 348 g/mol. The molecule has 1 aromatic rings. The van der Waals surface area contributed by atoms with E-state index < -0.39 is 12.0 Å². The van der Waals surface area contributed by atoms with Crippen LogP contribution in [0.25, 0.3) is 0 Å². The largest absolute Gasteiger partial charge is 0.490 e. The highest BCUT2D eigenvalue weighted by atomic mass is 16.5. The number of carbonyl (C=O) groups excluding carboxylic acids is 2. The molecule has 0 spiro atoms. The molecule has 0 aromatic heterocycles. The minimum atomic E-state index is -0.619. The van der Waals surface area contributed by atoms with Crippen LogP contribution in [0.1, 0.15) is 32.4 Å². The molecule has 0 fully saturated rings. The Morgan fingerprint density at radius 1 is 1.20 bits per heavy atom. The number of ether oxygens (including phenoxy) is 3. The fourth-order valence-electron chi connectivity index (χ4n) is 2.71. The van der Waals surface area contributed by atoms with E-state index in [-0.39, 0.29) is 6.03 Å². The fraction of sp³-hybridized carbons (Fsp3) is 0.444. The predicted molar refractivity (Wildman–Crippen MR) is 92.5 cm³/mol. The van der Waals surface area contributed by atoms with Crippen LogP contribution in [0, 0.1) is 0 Å². The molecule has 0 bridgehead atoms. The Labute approximate surface area is 147 Å². The summed E-state index contributed by atoms with van der Waals surface area (Å²) < 4.78 is 16.1. The van der Waals surface area contributed by atoms with Crippen LogP contribution < -0.4 is 14.8 Å². The van der Waals surface area contributed by atoms with Crippen molar-refractivity contribution in [3.05, 3.63) is 35.0 Å². The Bertz CT molecular complexity index is 699. The van der Waals surface area contributed by atoms with Gasteiger partial charge in [-0.3, -0.25) is 0 Å². The smallest absolute Gasteiger partial charge is 0.337 e. The molecule has 0 saturated carbocycles. The third-order valence-corrected chi connectivity index (χ3v) is 4.06. The summed E-state index contributed by atoms with van der Waals surface area (Å²) in [5.74, 6) is 0.700. The van der Waals surface area contributed by atoms with E-state index in [0.717, 1.165) is 0 Å². The van der Waals surface area contributed by atoms with Crippen molar-refractivity contribution < 1.29 is 23.8 Å². The number of urea groups is 1. The lowest BCUT2D eigenvalue weighted by Crippen LogP contribution is -2.46. The van der Waals surface area contributed by atoms with E-state index in [1.54, 1.807) is 32.2 Å². The maximum Gasteiger partial charge on any atom is 0.337 e. The summed E-state index contributed by atoms with van der Waals surface area (Å²) in [6, 6.07) is 4.45. The Kier molecular flexibility index (Phi) is 5.90. The van der Waals surface area contributed by atoms with Gasteiger partial charge >= 0.3 is 12.0 Å². The minimum Gasteiger partial charge on any atom is -0.490 e. The Balaban J connectivity index is 2.52. The predicted octanol–water partition coefficient (Wildman–Crippen LogP) is 2.63. The summed E-state index contributed by atoms with van der Waals surface area (Å²) in [4.78, 5) is 25.9. The van der Waals surface area contributed by atoms with Gasteiger partial charge < -0.3 is 24.4 Å². The number of nitrogens with zero attached hydrogens (tertiary/aromatic N) is 1. The number of carbonyl (C=O) groups is 2. The quantitative estimate of drug-likeness (QED) is 0.800. The monoisotopic (exact) mass is 348 g/mol. The summed E-state index contributed by atoms with van der Waals surface area (Å²) in [7, 11) is 2.92. The molecule has 0 radical (unpaired) electrons. The number of rotatable bonds is 6. The summed E-state index contributed by atoms with van der Waals surface area (Å²) >= 11 is 0. The van der Waals surface area contributed by atoms with Crippen LogP contribution in [0.2, 0.25) is 0 Å². The highest BCUT2D eigenvalue weighted by molar-refractivity contribution is 5.94. The summed E-state index contributed by atoms with van der Waals surface area (Å²) in [6.07, 6.45) is 0. The van der Waals surface area contributed by atoms with Crippen LogP contribution in [-0.2, 0) is 9.53 Å². The van der Waals surface area contributed by atoms with Crippen molar-refractivity contribution in [1.82, 2.24) is 10.2 Å². The van der Waals surface area contributed by atoms with E-state index in [9.17, 15) is 9.59 Å². The zero-order valence-electron chi connectivity index (χ0n) is 15.2. The van der Waals surface area contributed by atoms with Gasteiger partial charge in [-0.05, 0) is 38.5 Å². The molecular weight excluding hydrogens is 324 g/mol. The van der Waals surface area contributed by atoms with E-state index in [4.69, 9.17) is 14.2 Å². The highest BCUT2D eigenvalue weighted by Crippen LogP contribution is 2.36. The van der Waals surface area contributed by atoms with Crippen LogP contribution >= 0.6 is 0 Å². The first-order valence-electron chi connectivity index (χ1n) is 8.17. The van der Waals surface area contributed by atoms with Crippen LogP contribution in [0.15, 0.2) is 29.5 Å². The molecule has 2 amide bonds. The van der Waals surface area contributed by atoms with Crippen molar-refractivity contribution >= 4 is 12.0 Å². The molecule has 7 heteroatoms. The van der Waals surface area contributed by atoms with Crippen molar-refractivity contribution in [2.45, 2.75) is 26.8 Å². The Hall–Kier alpha value is -2.70. The van der Waals surface area contributed by atoms with Crippen molar-refractivity contribution in [3.63, 3.8) is 0 Å². The van der Waals surface area contributed by atoms with Crippen molar-refractivity contribution in [2.75, 3.05) is 27.4 Å². The third-order valence-electron chi connectivity index (χ3n) is 4.06. The molecule has 1 heterocycles. The molecule has 2 rings (SSSR count). The number of amides is 2. The lowest BCUT2D eigenvalue weighted by Gasteiger charge is -2.33. The Morgan fingerprint density at radius 3 is 2.44 bits per heavy atom. The second-order valence-electron chi connectivity index (χ2n) is 5.50. The number of nitrogens with one attached hydrogen (secondary N) is 1. The molecule has 0 unspecified atom stereocenters. The topological polar surface area (TPSA) is 77.1 Å². The summed E-state index contributed by atoms with van der Waals surface area (Å²) in [5.41, 5.74) is 1.65. The first kappa shape index (κ1) is 18.6. The molecule has 1 aliphatic heterocycles. The van der Waals surface area contributed by atoms with Crippen molar-refractivity contribution in [3.8, 4) is 11.5 Å². The van der Waals surface area contributed by atoms with Crippen LogP contribution in [0.4, 0.5) is 4.79 Å². The first-order chi connectivity index (χ1) is 11.9. The van der Waals surface area contributed by atoms with Crippen LogP contribution in [0.3, 0.4) is 0 Å². The van der Waals surface area contributed by atoms with Gasteiger partial charge in [-0.25, -0.2) is 9.59 Å². The van der Waals surface area contributed by atoms with E-state index in [0.29, 0.717) is 41.5 Å². The number of esters is 1. The Morgan fingerprint density at radius 2 is 1.84 bits per heavy atom. The zero-order valence-corrected chi connectivity index (χ0v) is 15.2. The normalized spacial score (nSPS) is 17.2. The molecular formula is C18H24N2O5. The van der Waals surface area contributed by atoms with Crippen LogP contribution in [0.5, 0.6) is 11.5 Å². The molecule has 136 valence electrons. The lowest BCUT2D eigenvalue weighted by atomic mass is 9.94. The van der Waals surface area contributed by atoms with Gasteiger partial charge in [-0.15, -0.1) is 0 Å². The maximum atomic E-state index is 12.3. The number of hydrogen-bond donors (Lipinski definition) is 1. The molecule has 1 aliphatic rings. The number of benzene rings is 1. The molecule has 25 heavy (non-hydrogen) atoms. The van der Waals surface area contributed by atoms with E-state index in [2.05, 4.69) is 5.32 Å². The lowest BCUT2D eigenvalue weighted by molar-refractivity contribution is -0.136. The van der Waals surface area contributed by atoms with Gasteiger partial charge in [-0.2, -0.15) is 0 Å².